The SMILES string of the molecule is CCn1c(Sc2ccc(Cl)c(C(=O)O)n2)n[nH]c1=O. The van der Waals surface area contributed by atoms with Gasteiger partial charge in [0.1, 0.15) is 5.03 Å². The second-order valence-corrected chi connectivity index (χ2v) is 4.84. The van der Waals surface area contributed by atoms with Gasteiger partial charge in [0, 0.05) is 6.54 Å². The average Bonchev–Trinajstić information content (AvgIpc) is 2.72. The Labute approximate surface area is 116 Å². The second-order valence-electron chi connectivity index (χ2n) is 3.44. The predicted octanol–water partition coefficient (Wildman–Crippen LogP) is 1.49. The van der Waals surface area contributed by atoms with E-state index in [9.17, 15) is 9.59 Å². The minimum Gasteiger partial charge on any atom is -0.476 e. The quantitative estimate of drug-likeness (QED) is 0.887. The molecule has 0 unspecified atom stereocenters. The van der Waals surface area contributed by atoms with Gasteiger partial charge in [-0.05, 0) is 30.8 Å². The van der Waals surface area contributed by atoms with E-state index in [4.69, 9.17) is 16.7 Å². The Morgan fingerprint density at radius 2 is 2.32 bits per heavy atom. The van der Waals surface area contributed by atoms with Crippen LogP contribution in [0.25, 0.3) is 0 Å². The number of carboxylic acids is 1. The summed E-state index contributed by atoms with van der Waals surface area (Å²) < 4.78 is 1.42. The Morgan fingerprint density at radius 3 is 2.95 bits per heavy atom. The van der Waals surface area contributed by atoms with Crippen molar-refractivity contribution in [2.24, 2.45) is 0 Å². The highest BCUT2D eigenvalue weighted by molar-refractivity contribution is 7.99. The van der Waals surface area contributed by atoms with Crippen molar-refractivity contribution >= 4 is 29.3 Å². The first kappa shape index (κ1) is 13.6. The number of hydrogen-bond acceptors (Lipinski definition) is 5. The van der Waals surface area contributed by atoms with Crippen molar-refractivity contribution in [3.05, 3.63) is 33.3 Å². The summed E-state index contributed by atoms with van der Waals surface area (Å²) in [4.78, 5) is 26.2. The average molecular weight is 301 g/mol. The van der Waals surface area contributed by atoms with Crippen LogP contribution in [-0.4, -0.2) is 30.8 Å². The van der Waals surface area contributed by atoms with Gasteiger partial charge in [-0.2, -0.15) is 0 Å². The van der Waals surface area contributed by atoms with Gasteiger partial charge < -0.3 is 5.11 Å². The van der Waals surface area contributed by atoms with Crippen LogP contribution in [0.5, 0.6) is 0 Å². The van der Waals surface area contributed by atoms with Crippen LogP contribution in [0.3, 0.4) is 0 Å². The van der Waals surface area contributed by atoms with Gasteiger partial charge in [-0.25, -0.2) is 19.7 Å². The van der Waals surface area contributed by atoms with Crippen molar-refractivity contribution in [3.8, 4) is 0 Å². The first-order valence-corrected chi connectivity index (χ1v) is 6.45. The molecular formula is C10H9ClN4O3S. The number of carbonyl (C=O) groups is 1. The third kappa shape index (κ3) is 2.79. The van der Waals surface area contributed by atoms with E-state index in [1.807, 2.05) is 0 Å². The zero-order valence-electron chi connectivity index (χ0n) is 9.75. The Hall–Kier alpha value is -1.80. The molecule has 0 aromatic carbocycles. The van der Waals surface area contributed by atoms with Crippen molar-refractivity contribution in [1.82, 2.24) is 19.7 Å². The third-order valence-electron chi connectivity index (χ3n) is 2.26. The summed E-state index contributed by atoms with van der Waals surface area (Å²) in [5.41, 5.74) is -0.551. The number of aromatic amines is 1. The molecule has 0 saturated heterocycles. The molecule has 0 amide bonds. The van der Waals surface area contributed by atoms with Crippen LogP contribution in [-0.2, 0) is 6.54 Å². The first-order chi connectivity index (χ1) is 9.02. The fourth-order valence-corrected chi connectivity index (χ4v) is 2.44. The lowest BCUT2D eigenvalue weighted by Crippen LogP contribution is -2.16. The van der Waals surface area contributed by atoms with Gasteiger partial charge in [0.05, 0.1) is 5.02 Å². The van der Waals surface area contributed by atoms with Crippen molar-refractivity contribution in [3.63, 3.8) is 0 Å². The summed E-state index contributed by atoms with van der Waals surface area (Å²) in [5.74, 6) is -1.21. The standard InChI is InChI=1S/C10H9ClN4O3S/c1-2-15-9(18)13-14-10(15)19-6-4-3-5(11)7(12-6)8(16)17/h3-4H,2H2,1H3,(H,13,18)(H,16,17). The lowest BCUT2D eigenvalue weighted by atomic mass is 10.3. The predicted molar refractivity (Wildman–Crippen MR) is 68.9 cm³/mol. The largest absolute Gasteiger partial charge is 0.476 e. The highest BCUT2D eigenvalue weighted by Crippen LogP contribution is 2.25. The summed E-state index contributed by atoms with van der Waals surface area (Å²) >= 11 is 6.81. The fraction of sp³-hybridized carbons (Fsp3) is 0.200. The van der Waals surface area contributed by atoms with E-state index >= 15 is 0 Å². The Morgan fingerprint density at radius 1 is 1.58 bits per heavy atom. The van der Waals surface area contributed by atoms with Gasteiger partial charge in [-0.3, -0.25) is 4.57 Å². The molecule has 0 atom stereocenters. The molecule has 0 bridgehead atoms. The number of aromatic nitrogens is 4. The Kier molecular flexibility index (Phi) is 3.91. The van der Waals surface area contributed by atoms with E-state index in [0.717, 1.165) is 11.8 Å². The van der Waals surface area contributed by atoms with Gasteiger partial charge in [0.2, 0.25) is 0 Å². The fourth-order valence-electron chi connectivity index (χ4n) is 1.38. The van der Waals surface area contributed by atoms with Crippen LogP contribution < -0.4 is 5.69 Å². The van der Waals surface area contributed by atoms with Crippen LogP contribution >= 0.6 is 23.4 Å². The van der Waals surface area contributed by atoms with Gasteiger partial charge >= 0.3 is 11.7 Å². The van der Waals surface area contributed by atoms with Crippen LogP contribution in [0.1, 0.15) is 17.4 Å². The molecule has 0 spiro atoms. The van der Waals surface area contributed by atoms with E-state index in [0.29, 0.717) is 16.7 Å². The summed E-state index contributed by atoms with van der Waals surface area (Å²) in [5, 5.41) is 16.0. The van der Waals surface area contributed by atoms with Gasteiger partial charge in [0.15, 0.2) is 10.9 Å². The van der Waals surface area contributed by atoms with Crippen LogP contribution in [0, 0.1) is 0 Å². The number of rotatable bonds is 4. The van der Waals surface area contributed by atoms with E-state index in [-0.39, 0.29) is 16.4 Å². The summed E-state index contributed by atoms with van der Waals surface area (Å²) in [6, 6.07) is 3.01. The van der Waals surface area contributed by atoms with Crippen LogP contribution in [0.2, 0.25) is 5.02 Å². The maximum atomic E-state index is 11.4. The van der Waals surface area contributed by atoms with Crippen molar-refractivity contribution in [2.75, 3.05) is 0 Å². The molecule has 2 N–H and O–H groups in total. The topological polar surface area (TPSA) is 101 Å². The maximum Gasteiger partial charge on any atom is 0.356 e. The molecule has 7 nitrogen and oxygen atoms in total. The number of halogens is 1. The van der Waals surface area contributed by atoms with E-state index < -0.39 is 5.97 Å². The zero-order valence-corrected chi connectivity index (χ0v) is 11.3. The van der Waals surface area contributed by atoms with Crippen molar-refractivity contribution < 1.29 is 9.90 Å². The number of nitrogens with zero attached hydrogens (tertiary/aromatic N) is 3. The number of H-pyrrole nitrogens is 1. The smallest absolute Gasteiger partial charge is 0.356 e. The number of carboxylic acid groups (broad SMARTS) is 1. The maximum absolute atomic E-state index is 11.4. The van der Waals surface area contributed by atoms with Crippen LogP contribution in [0.15, 0.2) is 27.1 Å². The number of aromatic carboxylic acids is 1. The molecule has 0 fully saturated rings. The molecular weight excluding hydrogens is 292 g/mol. The molecule has 2 aromatic heterocycles. The highest BCUT2D eigenvalue weighted by Gasteiger charge is 2.14. The Balaban J connectivity index is 2.36. The zero-order chi connectivity index (χ0) is 14.0. The normalized spacial score (nSPS) is 10.6. The number of pyridine rings is 1. The summed E-state index contributed by atoms with van der Waals surface area (Å²) in [6.45, 7) is 2.26. The van der Waals surface area contributed by atoms with Crippen molar-refractivity contribution in [2.45, 2.75) is 23.7 Å². The molecule has 0 saturated carbocycles. The van der Waals surface area contributed by atoms with Gasteiger partial charge in [-0.1, -0.05) is 11.6 Å². The highest BCUT2D eigenvalue weighted by atomic mass is 35.5. The Bertz CT molecular complexity index is 682. The third-order valence-corrected chi connectivity index (χ3v) is 3.49. The second kappa shape index (κ2) is 5.45. The minimum atomic E-state index is -1.21. The summed E-state index contributed by atoms with van der Waals surface area (Å²) in [7, 11) is 0. The van der Waals surface area contributed by atoms with Crippen molar-refractivity contribution in [1.29, 1.82) is 0 Å². The number of nitrogens with one attached hydrogen (secondary N) is 1. The molecule has 0 aliphatic heterocycles. The first-order valence-electron chi connectivity index (χ1n) is 5.25. The molecule has 2 rings (SSSR count). The molecule has 0 aliphatic rings. The van der Waals surface area contributed by atoms with Gasteiger partial charge in [0.25, 0.3) is 0 Å². The minimum absolute atomic E-state index is 0.0618. The lowest BCUT2D eigenvalue weighted by Gasteiger charge is -2.03. The molecule has 19 heavy (non-hydrogen) atoms. The van der Waals surface area contributed by atoms with E-state index in [2.05, 4.69) is 15.2 Å². The van der Waals surface area contributed by atoms with E-state index in [1.165, 1.54) is 10.6 Å². The molecule has 9 heteroatoms. The number of hydrogen-bond donors (Lipinski definition) is 2. The molecule has 2 heterocycles. The molecule has 100 valence electrons. The van der Waals surface area contributed by atoms with E-state index in [1.54, 1.807) is 13.0 Å². The van der Waals surface area contributed by atoms with Crippen LogP contribution in [0.4, 0.5) is 0 Å². The summed E-state index contributed by atoms with van der Waals surface area (Å²) in [6.07, 6.45) is 0. The molecule has 2 aromatic rings. The lowest BCUT2D eigenvalue weighted by molar-refractivity contribution is 0.0690. The monoisotopic (exact) mass is 300 g/mol. The molecule has 0 aliphatic carbocycles. The van der Waals surface area contributed by atoms with Gasteiger partial charge in [-0.15, -0.1) is 5.10 Å². The molecule has 0 radical (unpaired) electrons.